The fraction of sp³-hybridized carbons (Fsp3) is 0.300. The summed E-state index contributed by atoms with van der Waals surface area (Å²) in [6.07, 6.45) is 0.631. The number of nitrogens with zero attached hydrogens (tertiary/aromatic N) is 3. The van der Waals surface area contributed by atoms with Crippen LogP contribution in [0.1, 0.15) is 6.42 Å². The molecule has 0 bridgehead atoms. The highest BCUT2D eigenvalue weighted by Gasteiger charge is 1.98. The number of carbonyl (C=O) groups is 1. The van der Waals surface area contributed by atoms with E-state index in [-0.39, 0.29) is 6.03 Å². The number of benzene rings is 1. The van der Waals surface area contributed by atoms with Crippen molar-refractivity contribution < 1.29 is 4.79 Å². The van der Waals surface area contributed by atoms with Gasteiger partial charge in [-0.15, -0.1) is 0 Å². The summed E-state index contributed by atoms with van der Waals surface area (Å²) in [7, 11) is 0. The molecule has 2 N–H and O–H groups in total. The first-order chi connectivity index (χ1) is 7.83. The molecule has 6 heteroatoms. The highest BCUT2D eigenvalue weighted by molar-refractivity contribution is 5.89. The number of hydrogen-bond acceptors (Lipinski definition) is 2. The lowest BCUT2D eigenvalue weighted by Gasteiger charge is -2.06. The van der Waals surface area contributed by atoms with Gasteiger partial charge in [0.15, 0.2) is 0 Å². The zero-order valence-electron chi connectivity index (χ0n) is 8.76. The summed E-state index contributed by atoms with van der Waals surface area (Å²) in [6.45, 7) is 0.875. The maximum absolute atomic E-state index is 11.3. The molecule has 1 aromatic carbocycles. The SMILES string of the molecule is [N-]=[N+]=NCCCNC(=O)Nc1ccccc1. The average molecular weight is 219 g/mol. The van der Waals surface area contributed by atoms with Crippen LogP contribution in [0.25, 0.3) is 10.4 Å². The van der Waals surface area contributed by atoms with E-state index in [1.54, 1.807) is 12.1 Å². The molecule has 0 atom stereocenters. The van der Waals surface area contributed by atoms with E-state index >= 15 is 0 Å². The highest BCUT2D eigenvalue weighted by atomic mass is 16.2. The second kappa shape index (κ2) is 7.14. The maximum Gasteiger partial charge on any atom is 0.319 e. The first-order valence-corrected chi connectivity index (χ1v) is 4.93. The van der Waals surface area contributed by atoms with Crippen LogP contribution in [0.5, 0.6) is 0 Å². The second-order valence-corrected chi connectivity index (χ2v) is 3.05. The number of anilines is 1. The quantitative estimate of drug-likeness (QED) is 0.339. The van der Waals surface area contributed by atoms with E-state index in [4.69, 9.17) is 5.53 Å². The molecule has 84 valence electrons. The molecule has 0 spiro atoms. The Morgan fingerprint density at radius 1 is 1.38 bits per heavy atom. The Morgan fingerprint density at radius 2 is 2.12 bits per heavy atom. The standard InChI is InChI=1S/C10H13N5O/c11-15-13-8-4-7-12-10(16)14-9-5-2-1-3-6-9/h1-3,5-6H,4,7-8H2,(H2,12,14,16). The number of hydrogen-bond donors (Lipinski definition) is 2. The molecule has 0 aliphatic carbocycles. The minimum Gasteiger partial charge on any atom is -0.338 e. The lowest BCUT2D eigenvalue weighted by atomic mass is 10.3. The van der Waals surface area contributed by atoms with Gasteiger partial charge in [-0.1, -0.05) is 23.3 Å². The van der Waals surface area contributed by atoms with Gasteiger partial charge in [-0.05, 0) is 24.1 Å². The Balaban J connectivity index is 2.19. The van der Waals surface area contributed by atoms with Crippen LogP contribution in [0.3, 0.4) is 0 Å². The largest absolute Gasteiger partial charge is 0.338 e. The molecule has 0 fully saturated rings. The molecule has 0 aliphatic heterocycles. The smallest absolute Gasteiger partial charge is 0.319 e. The van der Waals surface area contributed by atoms with E-state index in [1.165, 1.54) is 0 Å². The number of nitrogens with one attached hydrogen (secondary N) is 2. The van der Waals surface area contributed by atoms with E-state index in [0.717, 1.165) is 5.69 Å². The van der Waals surface area contributed by atoms with Crippen LogP contribution in [-0.2, 0) is 0 Å². The minimum absolute atomic E-state index is 0.257. The van der Waals surface area contributed by atoms with Gasteiger partial charge in [0.25, 0.3) is 0 Å². The summed E-state index contributed by atoms with van der Waals surface area (Å²) < 4.78 is 0. The maximum atomic E-state index is 11.3. The van der Waals surface area contributed by atoms with Crippen LogP contribution in [0.15, 0.2) is 35.4 Å². The number of amides is 2. The van der Waals surface area contributed by atoms with Crippen molar-refractivity contribution in [2.75, 3.05) is 18.4 Å². The number of urea groups is 1. The topological polar surface area (TPSA) is 89.9 Å². The van der Waals surface area contributed by atoms with Crippen molar-refractivity contribution in [1.29, 1.82) is 0 Å². The molecular weight excluding hydrogens is 206 g/mol. The highest BCUT2D eigenvalue weighted by Crippen LogP contribution is 2.03. The van der Waals surface area contributed by atoms with Crippen molar-refractivity contribution in [3.8, 4) is 0 Å². The van der Waals surface area contributed by atoms with Crippen LogP contribution in [0, 0.1) is 0 Å². The third-order valence-electron chi connectivity index (χ3n) is 1.82. The molecule has 2 amide bonds. The third-order valence-corrected chi connectivity index (χ3v) is 1.82. The van der Waals surface area contributed by atoms with E-state index in [9.17, 15) is 4.79 Å². The molecule has 0 saturated carbocycles. The molecule has 16 heavy (non-hydrogen) atoms. The van der Waals surface area contributed by atoms with E-state index in [1.807, 2.05) is 18.2 Å². The van der Waals surface area contributed by atoms with Gasteiger partial charge in [-0.25, -0.2) is 4.79 Å². The summed E-state index contributed by atoms with van der Waals surface area (Å²) in [5, 5.41) is 8.70. The summed E-state index contributed by atoms with van der Waals surface area (Å²) in [6, 6.07) is 8.92. The van der Waals surface area contributed by atoms with Gasteiger partial charge < -0.3 is 10.6 Å². The lowest BCUT2D eigenvalue weighted by Crippen LogP contribution is -2.29. The van der Waals surface area contributed by atoms with E-state index in [0.29, 0.717) is 19.5 Å². The van der Waals surface area contributed by atoms with Crippen LogP contribution >= 0.6 is 0 Å². The first-order valence-electron chi connectivity index (χ1n) is 4.93. The van der Waals surface area contributed by atoms with Crippen LogP contribution < -0.4 is 10.6 Å². The Bertz CT molecular complexity index is 372. The predicted octanol–water partition coefficient (Wildman–Crippen LogP) is 2.51. The third kappa shape index (κ3) is 4.88. The van der Waals surface area contributed by atoms with Gasteiger partial charge in [-0.2, -0.15) is 0 Å². The predicted molar refractivity (Wildman–Crippen MR) is 62.1 cm³/mol. The molecule has 0 aliphatic rings. The van der Waals surface area contributed by atoms with Crippen molar-refractivity contribution in [3.63, 3.8) is 0 Å². The fourth-order valence-electron chi connectivity index (χ4n) is 1.09. The van der Waals surface area contributed by atoms with Gasteiger partial charge in [0, 0.05) is 23.7 Å². The first kappa shape index (κ1) is 11.9. The lowest BCUT2D eigenvalue weighted by molar-refractivity contribution is 0.252. The zero-order valence-corrected chi connectivity index (χ0v) is 8.76. The Hall–Kier alpha value is -2.20. The Labute approximate surface area is 93.3 Å². The number of azide groups is 1. The van der Waals surface area contributed by atoms with Gasteiger partial charge in [-0.3, -0.25) is 0 Å². The monoisotopic (exact) mass is 219 g/mol. The molecule has 0 unspecified atom stereocenters. The molecule has 0 aromatic heterocycles. The van der Waals surface area contributed by atoms with Gasteiger partial charge >= 0.3 is 6.03 Å². The van der Waals surface area contributed by atoms with Crippen molar-refractivity contribution in [2.24, 2.45) is 5.11 Å². The van der Waals surface area contributed by atoms with Crippen molar-refractivity contribution in [1.82, 2.24) is 5.32 Å². The molecule has 1 rings (SSSR count). The summed E-state index contributed by atoms with van der Waals surface area (Å²) >= 11 is 0. The van der Waals surface area contributed by atoms with Gasteiger partial charge in [0.1, 0.15) is 0 Å². The number of para-hydroxylation sites is 1. The number of rotatable bonds is 5. The van der Waals surface area contributed by atoms with Crippen LogP contribution in [0.2, 0.25) is 0 Å². The van der Waals surface area contributed by atoms with E-state index in [2.05, 4.69) is 20.7 Å². The second-order valence-electron chi connectivity index (χ2n) is 3.05. The zero-order chi connectivity index (χ0) is 11.6. The Kier molecular flexibility index (Phi) is 5.30. The molecule has 1 aromatic rings. The molecule has 6 nitrogen and oxygen atoms in total. The van der Waals surface area contributed by atoms with Gasteiger partial charge in [0.05, 0.1) is 0 Å². The average Bonchev–Trinajstić information content (AvgIpc) is 2.30. The summed E-state index contributed by atoms with van der Waals surface area (Å²) in [5.41, 5.74) is 8.77. The Morgan fingerprint density at radius 3 is 2.81 bits per heavy atom. The summed E-state index contributed by atoms with van der Waals surface area (Å²) in [4.78, 5) is 13.9. The summed E-state index contributed by atoms with van der Waals surface area (Å²) in [5.74, 6) is 0. The molecular formula is C10H13N5O. The van der Waals surface area contributed by atoms with Crippen LogP contribution in [0.4, 0.5) is 10.5 Å². The van der Waals surface area contributed by atoms with Gasteiger partial charge in [0.2, 0.25) is 0 Å². The van der Waals surface area contributed by atoms with Crippen molar-refractivity contribution >= 4 is 11.7 Å². The van der Waals surface area contributed by atoms with E-state index < -0.39 is 0 Å². The van der Waals surface area contributed by atoms with Crippen molar-refractivity contribution in [2.45, 2.75) is 6.42 Å². The molecule has 0 heterocycles. The molecule has 0 saturated heterocycles. The molecule has 0 radical (unpaired) electrons. The van der Waals surface area contributed by atoms with Crippen LogP contribution in [-0.4, -0.2) is 19.1 Å². The van der Waals surface area contributed by atoms with Crippen molar-refractivity contribution in [3.05, 3.63) is 40.8 Å². The normalized spacial score (nSPS) is 9.00. The fourth-order valence-corrected chi connectivity index (χ4v) is 1.09. The number of carbonyl (C=O) groups excluding carboxylic acids is 1. The minimum atomic E-state index is -0.257.